The van der Waals surface area contributed by atoms with Gasteiger partial charge < -0.3 is 24.1 Å². The summed E-state index contributed by atoms with van der Waals surface area (Å²) in [5.74, 6) is -0.486. The van der Waals surface area contributed by atoms with E-state index in [9.17, 15) is 9.59 Å². The van der Waals surface area contributed by atoms with Crippen molar-refractivity contribution in [2.75, 3.05) is 32.1 Å². The molecule has 1 atom stereocenters. The van der Waals surface area contributed by atoms with Crippen molar-refractivity contribution in [1.82, 2.24) is 9.88 Å². The first kappa shape index (κ1) is 35.1. The largest absolute Gasteiger partial charge is 0.465 e. The van der Waals surface area contributed by atoms with Crippen molar-refractivity contribution in [1.29, 1.82) is 0 Å². The molecule has 1 amide bonds. The number of rotatable bonds is 11. The number of esters is 1. The zero-order valence-corrected chi connectivity index (χ0v) is 29.1. The predicted octanol–water partition coefficient (Wildman–Crippen LogP) is 8.60. The normalized spacial score (nSPS) is 12.8. The Morgan fingerprint density at radius 3 is 2.27 bits per heavy atom. The second-order valence-electron chi connectivity index (χ2n) is 13.2. The summed E-state index contributed by atoms with van der Waals surface area (Å²) in [6.45, 7) is 17.2. The number of benzene rings is 2. The monoisotopic (exact) mass is 639 g/mol. The average Bonchev–Trinajstić information content (AvgIpc) is 2.94. The van der Waals surface area contributed by atoms with Crippen LogP contribution in [0.15, 0.2) is 66.9 Å². The molecule has 3 aromatic rings. The van der Waals surface area contributed by atoms with E-state index >= 15 is 0 Å². The second kappa shape index (κ2) is 14.6. The third-order valence-electron chi connectivity index (χ3n) is 7.59. The molecule has 0 radical (unpaired) electrons. The van der Waals surface area contributed by atoms with Crippen LogP contribution in [0.3, 0.4) is 0 Å². The number of methoxy groups -OCH3 is 1. The summed E-state index contributed by atoms with van der Waals surface area (Å²) in [5, 5.41) is 3.91. The maximum Gasteiger partial charge on any atom is 0.410 e. The van der Waals surface area contributed by atoms with Gasteiger partial charge in [0, 0.05) is 29.9 Å². The maximum atomic E-state index is 13.6. The number of aromatic nitrogens is 1. The van der Waals surface area contributed by atoms with E-state index in [1.165, 1.54) is 7.11 Å². The van der Waals surface area contributed by atoms with Gasteiger partial charge in [0.2, 0.25) is 0 Å². The highest BCUT2D eigenvalue weighted by atomic mass is 35.5. The molecule has 238 valence electrons. The third kappa shape index (κ3) is 9.55. The fourth-order valence-corrected chi connectivity index (χ4v) is 5.76. The second-order valence-corrected chi connectivity index (χ2v) is 18.4. The van der Waals surface area contributed by atoms with Gasteiger partial charge in [0.1, 0.15) is 5.60 Å². The zero-order valence-electron chi connectivity index (χ0n) is 27.4. The zero-order chi connectivity index (χ0) is 32.7. The molecule has 10 heteroatoms. The van der Waals surface area contributed by atoms with Crippen LogP contribution in [0, 0.1) is 0 Å². The first-order chi connectivity index (χ1) is 20.5. The van der Waals surface area contributed by atoms with E-state index in [1.54, 1.807) is 17.2 Å². The topological polar surface area (TPSA) is 90.0 Å². The maximum absolute atomic E-state index is 13.6. The Balaban J connectivity index is 1.97. The first-order valence-electron chi connectivity index (χ1n) is 14.8. The number of amides is 1. The lowest BCUT2D eigenvalue weighted by molar-refractivity contribution is 0.0165. The van der Waals surface area contributed by atoms with Crippen LogP contribution in [-0.4, -0.2) is 62.6 Å². The van der Waals surface area contributed by atoms with Crippen molar-refractivity contribution in [2.24, 2.45) is 0 Å². The molecule has 0 saturated heterocycles. The van der Waals surface area contributed by atoms with Crippen LogP contribution in [0.25, 0.3) is 11.3 Å². The highest BCUT2D eigenvalue weighted by Gasteiger charge is 2.40. The van der Waals surface area contributed by atoms with Gasteiger partial charge in [0.05, 0.1) is 36.7 Å². The van der Waals surface area contributed by atoms with Crippen LogP contribution in [-0.2, 0) is 13.9 Å². The van der Waals surface area contributed by atoms with E-state index in [-0.39, 0.29) is 18.1 Å². The quantitative estimate of drug-likeness (QED) is 0.166. The highest BCUT2D eigenvalue weighted by Crippen LogP contribution is 2.40. The molecule has 0 spiro atoms. The molecule has 44 heavy (non-hydrogen) atoms. The number of carbonyl (C=O) groups excluding carboxylic acids is 2. The summed E-state index contributed by atoms with van der Waals surface area (Å²) in [4.78, 5) is 32.6. The van der Waals surface area contributed by atoms with Crippen LogP contribution >= 0.6 is 11.6 Å². The SMILES string of the molecule is COC(=O)c1ccnc(-c2ccccc2)c1NCCN(C[C@H](O[Si](C)(C)C(C)(C)C)c1cccc(Cl)c1)C(=O)OC(C)(C)C. The molecule has 3 rings (SSSR count). The summed E-state index contributed by atoms with van der Waals surface area (Å²) in [6.07, 6.45) is 0.680. The Morgan fingerprint density at radius 1 is 1.00 bits per heavy atom. The Labute approximate surface area is 268 Å². The van der Waals surface area contributed by atoms with Crippen LogP contribution in [0.1, 0.15) is 63.6 Å². The van der Waals surface area contributed by atoms with E-state index < -0.39 is 32.1 Å². The number of halogens is 1. The molecular formula is C34H46ClN3O5Si. The van der Waals surface area contributed by atoms with Crippen molar-refractivity contribution in [3.05, 3.63) is 83.0 Å². The van der Waals surface area contributed by atoms with E-state index in [2.05, 4.69) is 44.2 Å². The standard InChI is InChI=1S/C34H46ClN3O5Si/c1-33(2,3)42-32(40)38(23-28(25-16-13-17-26(35)22-25)43-44(8,9)34(4,5)6)21-20-37-30-27(31(39)41-7)18-19-36-29(30)24-14-11-10-12-15-24/h10-19,22,28,37H,20-21,23H2,1-9H3/t28-/m0/s1. The molecule has 1 aromatic heterocycles. The van der Waals surface area contributed by atoms with Crippen molar-refractivity contribution in [2.45, 2.75) is 71.4 Å². The molecule has 0 fully saturated rings. The van der Waals surface area contributed by atoms with Gasteiger partial charge in [-0.1, -0.05) is 74.8 Å². The van der Waals surface area contributed by atoms with Gasteiger partial charge in [0.25, 0.3) is 0 Å². The van der Waals surface area contributed by atoms with E-state index in [0.29, 0.717) is 28.5 Å². The molecule has 0 aliphatic rings. The molecule has 0 saturated carbocycles. The third-order valence-corrected chi connectivity index (χ3v) is 12.3. The number of ether oxygens (including phenoxy) is 2. The Bertz CT molecular complexity index is 1420. The predicted molar refractivity (Wildman–Crippen MR) is 180 cm³/mol. The lowest BCUT2D eigenvalue weighted by atomic mass is 10.1. The Morgan fingerprint density at radius 2 is 1.68 bits per heavy atom. The van der Waals surface area contributed by atoms with Crippen molar-refractivity contribution < 1.29 is 23.5 Å². The van der Waals surface area contributed by atoms with Crippen LogP contribution in [0.4, 0.5) is 10.5 Å². The lowest BCUT2D eigenvalue weighted by Crippen LogP contribution is -2.46. The summed E-state index contributed by atoms with van der Waals surface area (Å²) in [6, 6.07) is 18.8. The van der Waals surface area contributed by atoms with E-state index in [0.717, 1.165) is 11.1 Å². The molecule has 0 bridgehead atoms. The molecule has 0 aliphatic carbocycles. The van der Waals surface area contributed by atoms with E-state index in [4.69, 9.17) is 25.5 Å². The van der Waals surface area contributed by atoms with Crippen molar-refractivity contribution in [3.8, 4) is 11.3 Å². The summed E-state index contributed by atoms with van der Waals surface area (Å²) in [5.41, 5.74) is 2.51. The molecule has 0 unspecified atom stereocenters. The number of anilines is 1. The number of hydrogen-bond donors (Lipinski definition) is 1. The fourth-order valence-electron chi connectivity index (χ4n) is 4.29. The number of hydrogen-bond acceptors (Lipinski definition) is 7. The number of carbonyl (C=O) groups is 2. The fraction of sp³-hybridized carbons (Fsp3) is 0.441. The molecule has 8 nitrogen and oxygen atoms in total. The molecule has 1 heterocycles. The van der Waals surface area contributed by atoms with Crippen molar-refractivity contribution in [3.63, 3.8) is 0 Å². The summed E-state index contributed by atoms with van der Waals surface area (Å²) < 4.78 is 17.8. The van der Waals surface area contributed by atoms with Gasteiger partial charge in [0.15, 0.2) is 8.32 Å². The molecule has 2 aromatic carbocycles. The van der Waals surface area contributed by atoms with Gasteiger partial charge in [-0.15, -0.1) is 0 Å². The Hall–Kier alpha value is -3.40. The summed E-state index contributed by atoms with van der Waals surface area (Å²) in [7, 11) is -0.922. The minimum Gasteiger partial charge on any atom is -0.465 e. The minimum absolute atomic E-state index is 0.0550. The number of nitrogens with zero attached hydrogens (tertiary/aromatic N) is 2. The molecule has 1 N–H and O–H groups in total. The molecule has 0 aliphatic heterocycles. The highest BCUT2D eigenvalue weighted by molar-refractivity contribution is 6.74. The van der Waals surface area contributed by atoms with Gasteiger partial charge in [-0.25, -0.2) is 9.59 Å². The van der Waals surface area contributed by atoms with Gasteiger partial charge in [-0.3, -0.25) is 4.98 Å². The smallest absolute Gasteiger partial charge is 0.410 e. The van der Waals surface area contributed by atoms with Crippen LogP contribution < -0.4 is 5.32 Å². The minimum atomic E-state index is -2.27. The van der Waals surface area contributed by atoms with Crippen LogP contribution in [0.2, 0.25) is 23.2 Å². The Kier molecular flexibility index (Phi) is 11.6. The van der Waals surface area contributed by atoms with E-state index in [1.807, 2.05) is 75.4 Å². The van der Waals surface area contributed by atoms with Crippen molar-refractivity contribution >= 4 is 37.7 Å². The summed E-state index contributed by atoms with van der Waals surface area (Å²) >= 11 is 6.40. The first-order valence-corrected chi connectivity index (χ1v) is 18.1. The number of nitrogens with one attached hydrogen (secondary N) is 1. The number of pyridine rings is 1. The lowest BCUT2D eigenvalue weighted by Gasteiger charge is -2.41. The molecular weight excluding hydrogens is 594 g/mol. The van der Waals surface area contributed by atoms with Gasteiger partial charge >= 0.3 is 12.1 Å². The average molecular weight is 640 g/mol. The van der Waals surface area contributed by atoms with Gasteiger partial charge in [-0.05, 0) is 62.7 Å². The van der Waals surface area contributed by atoms with Crippen LogP contribution in [0.5, 0.6) is 0 Å². The van der Waals surface area contributed by atoms with Gasteiger partial charge in [-0.2, -0.15) is 0 Å².